The lowest BCUT2D eigenvalue weighted by Gasteiger charge is -2.49. The molecule has 0 radical (unpaired) electrons. The van der Waals surface area contributed by atoms with E-state index in [1.807, 2.05) is 11.8 Å². The van der Waals surface area contributed by atoms with Crippen LogP contribution in [0.25, 0.3) is 0 Å². The highest BCUT2D eigenvalue weighted by Gasteiger charge is 2.49. The van der Waals surface area contributed by atoms with Gasteiger partial charge in [-0.05, 0) is 174 Å². The second kappa shape index (κ2) is 20.7. The van der Waals surface area contributed by atoms with Gasteiger partial charge < -0.3 is 29.4 Å². The minimum atomic E-state index is -0.107. The van der Waals surface area contributed by atoms with E-state index in [1.165, 1.54) is 175 Å². The normalized spacial score (nSPS) is 16.2. The molecule has 7 aliphatic rings. The van der Waals surface area contributed by atoms with Gasteiger partial charge in [0.2, 0.25) is 0 Å². The molecule has 0 bridgehead atoms. The van der Waals surface area contributed by atoms with Crippen molar-refractivity contribution in [3.05, 3.63) is 255 Å². The Balaban J connectivity index is 0.947. The molecule has 9 heteroatoms. The average Bonchev–Trinajstić information content (AvgIpc) is 0.712. The molecule has 0 saturated heterocycles. The van der Waals surface area contributed by atoms with Crippen molar-refractivity contribution in [2.24, 2.45) is 0 Å². The van der Waals surface area contributed by atoms with Crippen molar-refractivity contribution in [1.82, 2.24) is 0 Å². The summed E-state index contributed by atoms with van der Waals surface area (Å²) in [5.74, 6) is 0. The Morgan fingerprint density at radius 1 is 0.276 bits per heavy atom. The lowest BCUT2D eigenvalue weighted by molar-refractivity contribution is 0.340. The van der Waals surface area contributed by atoms with Crippen LogP contribution in [0.4, 0.5) is 91.0 Å². The molecule has 0 unspecified atom stereocenters. The van der Waals surface area contributed by atoms with E-state index in [9.17, 15) is 0 Å². The van der Waals surface area contributed by atoms with E-state index >= 15 is 0 Å². The molecule has 0 N–H and O–H groups in total. The summed E-state index contributed by atoms with van der Waals surface area (Å²) < 4.78 is 0. The van der Waals surface area contributed by atoms with Gasteiger partial charge in [0.05, 0.1) is 17.1 Å². The van der Waals surface area contributed by atoms with Gasteiger partial charge in [0.25, 0.3) is 13.4 Å². The fraction of sp³-hybridized carbons (Fsp3) is 0.154. The van der Waals surface area contributed by atoms with Crippen LogP contribution in [0.5, 0.6) is 0 Å². The lowest BCUT2D eigenvalue weighted by Crippen LogP contribution is -2.65. The third-order valence-electron chi connectivity index (χ3n) is 20.0. The quantitative estimate of drug-likeness (QED) is 0.139. The minimum absolute atomic E-state index is 0.0662. The highest BCUT2D eigenvalue weighted by Crippen LogP contribution is 2.55. The Labute approximate surface area is 516 Å². The summed E-state index contributed by atoms with van der Waals surface area (Å²) >= 11 is 1.86. The number of para-hydroxylation sites is 8. The standard InChI is InChI=1S/C78H64B2N6S/c1-7-27-53(28-8-1)81(54-29-9-2-10-30-54)59-47-71-77-73(48-59)84(57-35-15-5-16-36-57)69-52-70-64(51-63(69)79(77)61-39-19-21-41-65(61)82(71)55-31-11-3-12-32-55)80-62-40-20-22-42-66(62)83(56-33-13-4-14-34-56)72-49-60(50-74(78(72)80)85(70)58-37-17-6-18-38-58)86-67-43-23-25-45-75(67)87-76-46-26-24-44-68(76)86/h3-6,11-26,31-54H,1-2,7-10,27-30H2. The SMILES string of the molecule is c1ccc(N2c3ccccc3B3c4cc5c(cc4N(c4ccccc4)c4cc(N6c7ccccc7Sc7ccccc76)cc2c43)N(c2ccccc2)c2cc(N(C3CCCCC3)C3CCCCC3)cc3c2B5c2ccccc2N3c2ccccc2)cc1. The molecule has 11 aromatic carbocycles. The smallest absolute Gasteiger partial charge is 0.252 e. The van der Waals surface area contributed by atoms with Crippen LogP contribution in [0.3, 0.4) is 0 Å². The van der Waals surface area contributed by atoms with E-state index in [4.69, 9.17) is 0 Å². The van der Waals surface area contributed by atoms with Gasteiger partial charge in [-0.1, -0.05) is 190 Å². The maximum absolute atomic E-state index is 2.97. The predicted octanol–water partition coefficient (Wildman–Crippen LogP) is 17.3. The summed E-state index contributed by atoms with van der Waals surface area (Å²) in [5.41, 5.74) is 27.2. The minimum Gasteiger partial charge on any atom is -0.365 e. The van der Waals surface area contributed by atoms with Crippen LogP contribution in [-0.2, 0) is 0 Å². The second-order valence-electron chi connectivity index (χ2n) is 24.8. The largest absolute Gasteiger partial charge is 0.365 e. The van der Waals surface area contributed by atoms with Crippen LogP contribution in [0, 0.1) is 0 Å². The Morgan fingerprint density at radius 2 is 0.609 bits per heavy atom. The van der Waals surface area contributed by atoms with E-state index in [2.05, 4.69) is 284 Å². The maximum Gasteiger partial charge on any atom is 0.252 e. The molecular weight excluding hydrogens is 1070 g/mol. The van der Waals surface area contributed by atoms with Gasteiger partial charge in [-0.25, -0.2) is 0 Å². The zero-order chi connectivity index (χ0) is 57.1. The molecule has 11 aromatic rings. The first-order chi connectivity index (χ1) is 43.2. The molecule has 5 heterocycles. The molecule has 0 aromatic heterocycles. The van der Waals surface area contributed by atoms with Gasteiger partial charge in [-0.3, -0.25) is 0 Å². The van der Waals surface area contributed by atoms with Crippen molar-refractivity contribution in [2.45, 2.75) is 86.1 Å². The monoisotopic (exact) mass is 1140 g/mol. The van der Waals surface area contributed by atoms with E-state index in [-0.39, 0.29) is 13.4 Å². The van der Waals surface area contributed by atoms with Gasteiger partial charge in [-0.2, -0.15) is 0 Å². The summed E-state index contributed by atoms with van der Waals surface area (Å²) in [6, 6.07) is 98.0. The predicted molar refractivity (Wildman–Crippen MR) is 370 cm³/mol. The molecule has 18 rings (SSSR count). The number of rotatable bonds is 8. The summed E-state index contributed by atoms with van der Waals surface area (Å²) in [5, 5.41) is 0. The van der Waals surface area contributed by atoms with Crippen LogP contribution in [0.2, 0.25) is 0 Å². The van der Waals surface area contributed by atoms with Crippen molar-refractivity contribution < 1.29 is 0 Å². The van der Waals surface area contributed by atoms with Gasteiger partial charge in [0, 0.05) is 95.8 Å². The van der Waals surface area contributed by atoms with Crippen molar-refractivity contribution in [3.63, 3.8) is 0 Å². The highest BCUT2D eigenvalue weighted by atomic mass is 32.2. The first-order valence-electron chi connectivity index (χ1n) is 31.8. The fourth-order valence-corrected chi connectivity index (χ4v) is 17.5. The summed E-state index contributed by atoms with van der Waals surface area (Å²) in [6.07, 6.45) is 12.8. The van der Waals surface area contributed by atoms with Gasteiger partial charge in [0.1, 0.15) is 0 Å². The van der Waals surface area contributed by atoms with E-state index < -0.39 is 0 Å². The Kier molecular flexibility index (Phi) is 12.1. The van der Waals surface area contributed by atoms with Crippen LogP contribution in [-0.4, -0.2) is 25.5 Å². The molecule has 0 spiro atoms. The molecule has 2 aliphatic carbocycles. The summed E-state index contributed by atoms with van der Waals surface area (Å²) in [4.78, 5) is 18.5. The molecule has 6 nitrogen and oxygen atoms in total. The first-order valence-corrected chi connectivity index (χ1v) is 32.6. The molecule has 2 fully saturated rings. The Morgan fingerprint density at radius 3 is 1.02 bits per heavy atom. The van der Waals surface area contributed by atoms with Crippen molar-refractivity contribution in [3.8, 4) is 0 Å². The van der Waals surface area contributed by atoms with Gasteiger partial charge in [-0.15, -0.1) is 0 Å². The molecule has 5 aliphatic heterocycles. The van der Waals surface area contributed by atoms with Crippen molar-refractivity contribution in [2.75, 3.05) is 29.4 Å². The van der Waals surface area contributed by atoms with Crippen molar-refractivity contribution in [1.29, 1.82) is 0 Å². The highest BCUT2D eigenvalue weighted by molar-refractivity contribution is 7.99. The number of hydrogen-bond acceptors (Lipinski definition) is 7. The fourth-order valence-electron chi connectivity index (χ4n) is 16.5. The molecule has 0 atom stereocenters. The lowest BCUT2D eigenvalue weighted by atomic mass is 9.30. The molecular formula is C78H64B2N6S. The molecule has 87 heavy (non-hydrogen) atoms. The molecule has 418 valence electrons. The third kappa shape index (κ3) is 8.04. The number of fused-ring (bicyclic) bond motifs is 10. The summed E-state index contributed by atoms with van der Waals surface area (Å²) in [6.45, 7) is -0.173. The zero-order valence-electron chi connectivity index (χ0n) is 48.7. The molecule has 0 amide bonds. The topological polar surface area (TPSA) is 19.4 Å². The van der Waals surface area contributed by atoms with Crippen LogP contribution in [0.15, 0.2) is 265 Å². The Hall–Kier alpha value is -9.30. The maximum atomic E-state index is 2.97. The van der Waals surface area contributed by atoms with Crippen LogP contribution < -0.4 is 62.2 Å². The number of nitrogens with zero attached hydrogens (tertiary/aromatic N) is 6. The third-order valence-corrected chi connectivity index (χ3v) is 21.2. The number of anilines is 16. The van der Waals surface area contributed by atoms with E-state index in [0.29, 0.717) is 12.1 Å². The molecule has 2 saturated carbocycles. The number of hydrogen-bond donors (Lipinski definition) is 0. The van der Waals surface area contributed by atoms with E-state index in [0.717, 1.165) is 22.7 Å². The van der Waals surface area contributed by atoms with Gasteiger partial charge >= 0.3 is 0 Å². The second-order valence-corrected chi connectivity index (χ2v) is 25.9. The zero-order valence-corrected chi connectivity index (χ0v) is 49.5. The average molecular weight is 1140 g/mol. The van der Waals surface area contributed by atoms with Crippen LogP contribution in [0.1, 0.15) is 64.2 Å². The Bertz CT molecular complexity index is 4410. The first kappa shape index (κ1) is 51.0. The van der Waals surface area contributed by atoms with E-state index in [1.54, 1.807) is 0 Å². The van der Waals surface area contributed by atoms with Crippen LogP contribution >= 0.6 is 11.8 Å². The summed E-state index contributed by atoms with van der Waals surface area (Å²) in [7, 11) is 0. The van der Waals surface area contributed by atoms with Gasteiger partial charge in [0.15, 0.2) is 0 Å². The van der Waals surface area contributed by atoms with Crippen molar-refractivity contribution >= 4 is 149 Å². The number of benzene rings is 11.